The van der Waals surface area contributed by atoms with Gasteiger partial charge in [-0.2, -0.15) is 5.10 Å². The number of rotatable bonds is 4. The Kier molecular flexibility index (Phi) is 5.26. The summed E-state index contributed by atoms with van der Waals surface area (Å²) in [5.74, 6) is -0.575. The van der Waals surface area contributed by atoms with Crippen molar-refractivity contribution in [3.8, 4) is 11.3 Å². The number of hydrogen-bond acceptors (Lipinski definition) is 4. The largest absolute Gasteiger partial charge is 0.231 e. The molecule has 0 fully saturated rings. The van der Waals surface area contributed by atoms with Crippen LogP contribution in [0.1, 0.15) is 23.6 Å². The van der Waals surface area contributed by atoms with Gasteiger partial charge in [0.25, 0.3) is 0 Å². The third-order valence-electron chi connectivity index (χ3n) is 5.17. The summed E-state index contributed by atoms with van der Waals surface area (Å²) in [6.07, 6.45) is 0.604. The van der Waals surface area contributed by atoms with E-state index in [0.29, 0.717) is 11.4 Å². The van der Waals surface area contributed by atoms with Gasteiger partial charge in [-0.05, 0) is 47.5 Å². The molecule has 1 atom stereocenters. The van der Waals surface area contributed by atoms with Crippen molar-refractivity contribution in [1.29, 1.82) is 0 Å². The lowest BCUT2D eigenvalue weighted by Crippen LogP contribution is -2.18. The van der Waals surface area contributed by atoms with Gasteiger partial charge in [0.05, 0.1) is 17.4 Å². The van der Waals surface area contributed by atoms with Crippen LogP contribution in [-0.4, -0.2) is 10.7 Å². The van der Waals surface area contributed by atoms with Gasteiger partial charge in [0.2, 0.25) is 5.13 Å². The molecule has 5 rings (SSSR count). The first-order chi connectivity index (χ1) is 15.1. The lowest BCUT2D eigenvalue weighted by atomic mass is 9.98. The van der Waals surface area contributed by atoms with Gasteiger partial charge >= 0.3 is 0 Å². The van der Waals surface area contributed by atoms with E-state index in [1.54, 1.807) is 24.3 Å². The third-order valence-corrected chi connectivity index (χ3v) is 6.25. The first-order valence-corrected chi connectivity index (χ1v) is 10.9. The number of halogens is 3. The molecule has 0 saturated carbocycles. The highest BCUT2D eigenvalue weighted by molar-refractivity contribution is 7.14. The Morgan fingerprint density at radius 3 is 2.13 bits per heavy atom. The van der Waals surface area contributed by atoms with Gasteiger partial charge in [-0.3, -0.25) is 0 Å². The van der Waals surface area contributed by atoms with Crippen molar-refractivity contribution in [3.63, 3.8) is 0 Å². The lowest BCUT2D eigenvalue weighted by Gasteiger charge is -2.21. The maximum Gasteiger partial charge on any atom is 0.207 e. The average molecular weight is 452 g/mol. The van der Waals surface area contributed by atoms with Gasteiger partial charge in [0.15, 0.2) is 0 Å². The summed E-state index contributed by atoms with van der Waals surface area (Å²) in [4.78, 5) is 4.79. The summed E-state index contributed by atoms with van der Waals surface area (Å²) in [6, 6.07) is 20.1. The van der Waals surface area contributed by atoms with Crippen LogP contribution in [0.2, 0.25) is 5.02 Å². The van der Waals surface area contributed by atoms with Crippen molar-refractivity contribution >= 4 is 33.8 Å². The smallest absolute Gasteiger partial charge is 0.207 e. The van der Waals surface area contributed by atoms with Crippen LogP contribution in [0.15, 0.2) is 83.3 Å². The molecule has 1 aliphatic rings. The normalized spacial score (nSPS) is 15.9. The van der Waals surface area contributed by atoms with E-state index in [2.05, 4.69) is 0 Å². The summed E-state index contributed by atoms with van der Waals surface area (Å²) in [5.41, 5.74) is 4.42. The first-order valence-electron chi connectivity index (χ1n) is 9.66. The van der Waals surface area contributed by atoms with Gasteiger partial charge in [0, 0.05) is 22.4 Å². The van der Waals surface area contributed by atoms with Crippen LogP contribution in [0.4, 0.5) is 13.9 Å². The number of benzene rings is 3. The van der Waals surface area contributed by atoms with Crippen LogP contribution in [-0.2, 0) is 0 Å². The zero-order valence-electron chi connectivity index (χ0n) is 16.2. The first kappa shape index (κ1) is 19.8. The van der Waals surface area contributed by atoms with Crippen molar-refractivity contribution < 1.29 is 8.78 Å². The molecule has 0 radical (unpaired) electrons. The lowest BCUT2D eigenvalue weighted by molar-refractivity contribution is 0.624. The second-order valence-corrected chi connectivity index (χ2v) is 8.46. The van der Waals surface area contributed by atoms with Crippen LogP contribution in [0.25, 0.3) is 11.3 Å². The number of hydrogen-bond donors (Lipinski definition) is 0. The van der Waals surface area contributed by atoms with Crippen molar-refractivity contribution in [2.45, 2.75) is 12.5 Å². The molecule has 0 bridgehead atoms. The molecule has 0 amide bonds. The quantitative estimate of drug-likeness (QED) is 0.331. The standard InChI is InChI=1S/C24H16ClF2N3S/c25-18-7-1-16(2-8-18)22-14-31-24(28-22)30-23(17-5-11-20(27)12-6-17)13-21(29-30)15-3-9-19(26)10-4-15/h1-12,14,23H,13H2. The average Bonchev–Trinajstić information content (AvgIpc) is 3.43. The van der Waals surface area contributed by atoms with E-state index in [4.69, 9.17) is 21.7 Å². The van der Waals surface area contributed by atoms with Crippen molar-refractivity contribution in [3.05, 3.63) is 106 Å². The summed E-state index contributed by atoms with van der Waals surface area (Å²) in [5, 5.41) is 10.1. The molecule has 4 aromatic rings. The molecule has 1 aliphatic heterocycles. The van der Waals surface area contributed by atoms with E-state index in [-0.39, 0.29) is 17.7 Å². The molecule has 0 N–H and O–H groups in total. The summed E-state index contributed by atoms with van der Waals surface area (Å²) < 4.78 is 26.9. The molecule has 1 aromatic heterocycles. The predicted octanol–water partition coefficient (Wildman–Crippen LogP) is 7.10. The Hall–Kier alpha value is -3.09. The van der Waals surface area contributed by atoms with Crippen molar-refractivity contribution in [2.75, 3.05) is 5.01 Å². The maximum atomic E-state index is 13.5. The summed E-state index contributed by atoms with van der Waals surface area (Å²) in [7, 11) is 0. The van der Waals surface area contributed by atoms with E-state index < -0.39 is 0 Å². The second kappa shape index (κ2) is 8.21. The highest BCUT2D eigenvalue weighted by Crippen LogP contribution is 2.39. The van der Waals surface area contributed by atoms with Crippen LogP contribution in [0, 0.1) is 11.6 Å². The van der Waals surface area contributed by atoms with Gasteiger partial charge in [-0.15, -0.1) is 11.3 Å². The van der Waals surface area contributed by atoms with E-state index in [0.717, 1.165) is 33.2 Å². The molecule has 31 heavy (non-hydrogen) atoms. The molecule has 3 nitrogen and oxygen atoms in total. The van der Waals surface area contributed by atoms with E-state index in [1.165, 1.54) is 35.6 Å². The van der Waals surface area contributed by atoms with Gasteiger partial charge in [-0.1, -0.05) is 48.0 Å². The van der Waals surface area contributed by atoms with Gasteiger partial charge in [0.1, 0.15) is 11.6 Å². The van der Waals surface area contributed by atoms with Crippen LogP contribution in [0.5, 0.6) is 0 Å². The summed E-state index contributed by atoms with van der Waals surface area (Å²) >= 11 is 7.48. The SMILES string of the molecule is Fc1ccc(C2=NN(c3nc(-c4ccc(Cl)cc4)cs3)C(c3ccc(F)cc3)C2)cc1. The number of hydrazone groups is 1. The second-order valence-electron chi connectivity index (χ2n) is 7.19. The minimum absolute atomic E-state index is 0.134. The molecule has 7 heteroatoms. The Balaban J connectivity index is 1.52. The number of aromatic nitrogens is 1. The fraction of sp³-hybridized carbons (Fsp3) is 0.0833. The Labute approximate surface area is 187 Å². The van der Waals surface area contributed by atoms with Crippen molar-refractivity contribution in [1.82, 2.24) is 4.98 Å². The van der Waals surface area contributed by atoms with Crippen LogP contribution >= 0.6 is 22.9 Å². The minimum atomic E-state index is -0.290. The highest BCUT2D eigenvalue weighted by Gasteiger charge is 2.31. The van der Waals surface area contributed by atoms with E-state index >= 15 is 0 Å². The molecular weight excluding hydrogens is 436 g/mol. The fourth-order valence-corrected chi connectivity index (χ4v) is 4.53. The molecule has 0 spiro atoms. The van der Waals surface area contributed by atoms with Crippen LogP contribution in [0.3, 0.4) is 0 Å². The zero-order chi connectivity index (χ0) is 21.4. The Bertz CT molecular complexity index is 1240. The fourth-order valence-electron chi connectivity index (χ4n) is 3.57. The Morgan fingerprint density at radius 2 is 1.45 bits per heavy atom. The summed E-state index contributed by atoms with van der Waals surface area (Å²) in [6.45, 7) is 0. The monoisotopic (exact) mass is 451 g/mol. The number of thiazole rings is 1. The molecule has 0 saturated heterocycles. The topological polar surface area (TPSA) is 28.5 Å². The predicted molar refractivity (Wildman–Crippen MR) is 122 cm³/mol. The highest BCUT2D eigenvalue weighted by atomic mass is 35.5. The van der Waals surface area contributed by atoms with Gasteiger partial charge < -0.3 is 0 Å². The molecule has 3 aromatic carbocycles. The van der Waals surface area contributed by atoms with Crippen LogP contribution < -0.4 is 5.01 Å². The van der Waals surface area contributed by atoms with Gasteiger partial charge in [-0.25, -0.2) is 18.8 Å². The number of anilines is 1. The number of nitrogens with zero attached hydrogens (tertiary/aromatic N) is 3. The van der Waals surface area contributed by atoms with E-state index in [1.807, 2.05) is 34.7 Å². The molecule has 0 aliphatic carbocycles. The third kappa shape index (κ3) is 4.09. The molecule has 154 valence electrons. The Morgan fingerprint density at radius 1 is 0.839 bits per heavy atom. The van der Waals surface area contributed by atoms with Crippen molar-refractivity contribution in [2.24, 2.45) is 5.10 Å². The van der Waals surface area contributed by atoms with E-state index in [9.17, 15) is 8.78 Å². The minimum Gasteiger partial charge on any atom is -0.231 e. The molecule has 1 unspecified atom stereocenters. The molecular formula is C24H16ClF2N3S. The molecule has 2 heterocycles. The maximum absolute atomic E-state index is 13.5. The zero-order valence-corrected chi connectivity index (χ0v) is 17.7.